The van der Waals surface area contributed by atoms with Crippen LogP contribution in [0.5, 0.6) is 5.75 Å². The van der Waals surface area contributed by atoms with E-state index in [1.165, 1.54) is 30.6 Å². The molecule has 6 nitrogen and oxygen atoms in total. The number of benzene rings is 2. The average molecular weight is 346 g/mol. The molecule has 1 N–H and O–H groups in total. The van der Waals surface area contributed by atoms with Crippen LogP contribution in [0.4, 0.5) is 5.69 Å². The summed E-state index contributed by atoms with van der Waals surface area (Å²) in [6.07, 6.45) is 0.352. The van der Waals surface area contributed by atoms with Crippen LogP contribution in [0.25, 0.3) is 0 Å². The third-order valence-corrected chi connectivity index (χ3v) is 5.93. The fourth-order valence-corrected chi connectivity index (χ4v) is 4.53. The van der Waals surface area contributed by atoms with Gasteiger partial charge < -0.3 is 10.1 Å². The highest BCUT2D eigenvalue weighted by atomic mass is 32.2. The summed E-state index contributed by atoms with van der Waals surface area (Å²) in [5.41, 5.74) is 1.38. The summed E-state index contributed by atoms with van der Waals surface area (Å²) < 4.78 is 32.5. The number of nitrogens with zero attached hydrogens (tertiary/aromatic N) is 1. The molecule has 0 saturated heterocycles. The summed E-state index contributed by atoms with van der Waals surface area (Å²) in [5, 5.41) is 2.55. The number of hydrogen-bond donors (Lipinski definition) is 1. The summed E-state index contributed by atoms with van der Waals surface area (Å²) in [5.74, 6) is 0.238. The molecule has 126 valence electrons. The Morgan fingerprint density at radius 2 is 1.83 bits per heavy atom. The van der Waals surface area contributed by atoms with E-state index in [-0.39, 0.29) is 10.8 Å². The minimum Gasteiger partial charge on any atom is -0.497 e. The Bertz CT molecular complexity index is 862. The minimum absolute atomic E-state index is 0.119. The normalized spacial score (nSPS) is 16.6. The zero-order valence-electron chi connectivity index (χ0n) is 13.4. The number of ether oxygens (including phenoxy) is 1. The molecule has 0 aromatic heterocycles. The lowest BCUT2D eigenvalue weighted by atomic mass is 10.1. The van der Waals surface area contributed by atoms with Gasteiger partial charge in [-0.1, -0.05) is 18.2 Å². The van der Waals surface area contributed by atoms with Crippen molar-refractivity contribution >= 4 is 21.6 Å². The number of hydrogen-bond acceptors (Lipinski definition) is 4. The van der Waals surface area contributed by atoms with Crippen molar-refractivity contribution in [1.82, 2.24) is 5.32 Å². The van der Waals surface area contributed by atoms with Crippen molar-refractivity contribution in [1.29, 1.82) is 0 Å². The second-order valence-electron chi connectivity index (χ2n) is 5.44. The number of anilines is 1. The quantitative estimate of drug-likeness (QED) is 0.912. The van der Waals surface area contributed by atoms with Gasteiger partial charge in [-0.05, 0) is 35.9 Å². The summed E-state index contributed by atoms with van der Waals surface area (Å²) >= 11 is 0. The molecule has 1 heterocycles. The Labute approximate surface area is 141 Å². The van der Waals surface area contributed by atoms with Crippen LogP contribution in [0.15, 0.2) is 53.4 Å². The van der Waals surface area contributed by atoms with Gasteiger partial charge in [0, 0.05) is 13.5 Å². The molecule has 0 bridgehead atoms. The number of sulfonamides is 1. The Balaban J connectivity index is 2.10. The van der Waals surface area contributed by atoms with Gasteiger partial charge in [-0.15, -0.1) is 0 Å². The zero-order chi connectivity index (χ0) is 17.3. The first-order chi connectivity index (χ1) is 11.5. The number of rotatable bonds is 4. The van der Waals surface area contributed by atoms with Crippen LogP contribution in [0.3, 0.4) is 0 Å². The summed E-state index contributed by atoms with van der Waals surface area (Å²) in [4.78, 5) is 12.4. The Hall–Kier alpha value is -2.54. The van der Waals surface area contributed by atoms with Gasteiger partial charge in [0.25, 0.3) is 10.0 Å². The lowest BCUT2D eigenvalue weighted by molar-refractivity contribution is -0.121. The van der Waals surface area contributed by atoms with E-state index >= 15 is 0 Å². The van der Waals surface area contributed by atoms with Gasteiger partial charge in [0.2, 0.25) is 5.91 Å². The van der Waals surface area contributed by atoms with Gasteiger partial charge >= 0.3 is 0 Å². The van der Waals surface area contributed by atoms with E-state index in [0.29, 0.717) is 17.9 Å². The number of fused-ring (bicyclic) bond motifs is 1. The molecule has 1 atom stereocenters. The fourth-order valence-electron chi connectivity index (χ4n) is 2.88. The molecular weight excluding hydrogens is 328 g/mol. The Kier molecular flexibility index (Phi) is 4.19. The molecule has 1 unspecified atom stereocenters. The van der Waals surface area contributed by atoms with Crippen molar-refractivity contribution in [3.8, 4) is 5.75 Å². The predicted octanol–water partition coefficient (Wildman–Crippen LogP) is 1.56. The zero-order valence-corrected chi connectivity index (χ0v) is 14.2. The summed E-state index contributed by atoms with van der Waals surface area (Å²) in [6.45, 7) is 0. The maximum atomic E-state index is 13.1. The molecule has 0 saturated carbocycles. The second-order valence-corrected chi connectivity index (χ2v) is 7.25. The first kappa shape index (κ1) is 16.3. The van der Waals surface area contributed by atoms with Crippen LogP contribution in [0, 0.1) is 0 Å². The first-order valence-electron chi connectivity index (χ1n) is 7.47. The Morgan fingerprint density at radius 1 is 1.17 bits per heavy atom. The van der Waals surface area contributed by atoms with Crippen LogP contribution in [-0.4, -0.2) is 34.5 Å². The predicted molar refractivity (Wildman–Crippen MR) is 90.7 cm³/mol. The van der Waals surface area contributed by atoms with Crippen molar-refractivity contribution in [2.45, 2.75) is 17.4 Å². The van der Waals surface area contributed by atoms with Gasteiger partial charge in [0.05, 0.1) is 17.7 Å². The molecule has 1 aliphatic rings. The number of likely N-dealkylation sites (N-methyl/N-ethyl adjacent to an activating group) is 1. The lowest BCUT2D eigenvalue weighted by Crippen LogP contribution is -2.47. The number of para-hydroxylation sites is 1. The molecule has 3 rings (SSSR count). The van der Waals surface area contributed by atoms with E-state index in [1.807, 2.05) is 12.1 Å². The van der Waals surface area contributed by atoms with Crippen molar-refractivity contribution in [3.05, 3.63) is 54.1 Å². The van der Waals surface area contributed by atoms with Gasteiger partial charge in [-0.25, -0.2) is 8.42 Å². The topological polar surface area (TPSA) is 75.7 Å². The minimum atomic E-state index is -3.86. The molecule has 2 aromatic carbocycles. The number of amides is 1. The van der Waals surface area contributed by atoms with E-state index in [9.17, 15) is 13.2 Å². The van der Waals surface area contributed by atoms with Crippen LogP contribution in [0.2, 0.25) is 0 Å². The SMILES string of the molecule is CNC(=O)C1Cc2ccccc2N1S(=O)(=O)c1ccc(OC)cc1. The molecule has 2 aromatic rings. The smallest absolute Gasteiger partial charge is 0.265 e. The second kappa shape index (κ2) is 6.16. The highest BCUT2D eigenvalue weighted by Gasteiger charge is 2.41. The van der Waals surface area contributed by atoms with Crippen LogP contribution < -0.4 is 14.4 Å². The van der Waals surface area contributed by atoms with E-state index in [2.05, 4.69) is 5.32 Å². The highest BCUT2D eigenvalue weighted by molar-refractivity contribution is 7.93. The highest BCUT2D eigenvalue weighted by Crippen LogP contribution is 2.37. The van der Waals surface area contributed by atoms with Crippen LogP contribution in [0.1, 0.15) is 5.56 Å². The van der Waals surface area contributed by atoms with Gasteiger partial charge in [0.15, 0.2) is 0 Å². The van der Waals surface area contributed by atoms with Crippen LogP contribution >= 0.6 is 0 Å². The third kappa shape index (κ3) is 2.60. The third-order valence-electron chi connectivity index (χ3n) is 4.09. The molecule has 0 aliphatic carbocycles. The van der Waals surface area contributed by atoms with Gasteiger partial charge in [-0.3, -0.25) is 9.10 Å². The van der Waals surface area contributed by atoms with Crippen molar-refractivity contribution in [3.63, 3.8) is 0 Å². The number of carbonyl (C=O) groups excluding carboxylic acids is 1. The standard InChI is InChI=1S/C17H18N2O4S/c1-18-17(20)16-11-12-5-3-4-6-15(12)19(16)24(21,22)14-9-7-13(23-2)8-10-14/h3-10,16H,11H2,1-2H3,(H,18,20). The molecule has 0 spiro atoms. The number of nitrogens with one attached hydrogen (secondary N) is 1. The maximum Gasteiger partial charge on any atom is 0.265 e. The molecule has 24 heavy (non-hydrogen) atoms. The fraction of sp³-hybridized carbons (Fsp3) is 0.235. The molecular formula is C17H18N2O4S. The largest absolute Gasteiger partial charge is 0.497 e. The van der Waals surface area contributed by atoms with E-state index < -0.39 is 16.1 Å². The van der Waals surface area contributed by atoms with Crippen LogP contribution in [-0.2, 0) is 21.2 Å². The van der Waals surface area contributed by atoms with Gasteiger partial charge in [-0.2, -0.15) is 0 Å². The lowest BCUT2D eigenvalue weighted by Gasteiger charge is -2.25. The van der Waals surface area contributed by atoms with Crippen molar-refractivity contribution in [2.75, 3.05) is 18.5 Å². The number of carbonyl (C=O) groups is 1. The molecule has 1 aliphatic heterocycles. The van der Waals surface area contributed by atoms with E-state index in [0.717, 1.165) is 5.56 Å². The average Bonchev–Trinajstić information content (AvgIpc) is 3.01. The molecule has 7 heteroatoms. The molecule has 0 radical (unpaired) electrons. The van der Waals surface area contributed by atoms with Crippen molar-refractivity contribution < 1.29 is 17.9 Å². The Morgan fingerprint density at radius 3 is 2.46 bits per heavy atom. The first-order valence-corrected chi connectivity index (χ1v) is 8.91. The summed E-state index contributed by atoms with van der Waals surface area (Å²) in [6, 6.07) is 12.5. The maximum absolute atomic E-state index is 13.1. The van der Waals surface area contributed by atoms with E-state index in [1.54, 1.807) is 24.3 Å². The van der Waals surface area contributed by atoms with E-state index in [4.69, 9.17) is 4.74 Å². The van der Waals surface area contributed by atoms with Gasteiger partial charge in [0.1, 0.15) is 11.8 Å². The number of methoxy groups -OCH3 is 1. The monoisotopic (exact) mass is 346 g/mol. The molecule has 1 amide bonds. The summed E-state index contributed by atoms with van der Waals surface area (Å²) in [7, 11) is -0.845. The molecule has 0 fully saturated rings. The van der Waals surface area contributed by atoms with Crippen molar-refractivity contribution in [2.24, 2.45) is 0 Å².